The molecule has 98 valence electrons. The Morgan fingerprint density at radius 2 is 1.89 bits per heavy atom. The van der Waals surface area contributed by atoms with E-state index in [9.17, 15) is 9.18 Å². The van der Waals surface area contributed by atoms with Gasteiger partial charge in [-0.2, -0.15) is 12.6 Å². The van der Waals surface area contributed by atoms with Crippen molar-refractivity contribution in [1.82, 2.24) is 0 Å². The zero-order valence-corrected chi connectivity index (χ0v) is 11.0. The Labute approximate surface area is 116 Å². The van der Waals surface area contributed by atoms with Gasteiger partial charge in [0.05, 0.1) is 11.4 Å². The summed E-state index contributed by atoms with van der Waals surface area (Å²) < 4.78 is 13.1. The first-order valence-corrected chi connectivity index (χ1v) is 6.29. The van der Waals surface area contributed by atoms with Crippen LogP contribution in [0.2, 0.25) is 0 Å². The van der Waals surface area contributed by atoms with E-state index in [1.165, 1.54) is 18.2 Å². The topological polar surface area (TPSA) is 55.1 Å². The summed E-state index contributed by atoms with van der Waals surface area (Å²) in [7, 11) is 0. The third kappa shape index (κ3) is 3.26. The zero-order valence-electron chi connectivity index (χ0n) is 10.1. The van der Waals surface area contributed by atoms with Crippen LogP contribution in [0.4, 0.5) is 15.8 Å². The maximum atomic E-state index is 13.1. The second-order valence-electron chi connectivity index (χ2n) is 4.04. The van der Waals surface area contributed by atoms with Crippen molar-refractivity contribution in [3.05, 3.63) is 59.4 Å². The predicted molar refractivity (Wildman–Crippen MR) is 77.9 cm³/mol. The first-order valence-electron chi connectivity index (χ1n) is 5.66. The van der Waals surface area contributed by atoms with Gasteiger partial charge in [0.1, 0.15) is 5.82 Å². The summed E-state index contributed by atoms with van der Waals surface area (Å²) in [6.07, 6.45) is 0. The number of amides is 1. The lowest BCUT2D eigenvalue weighted by molar-refractivity contribution is 0.102. The number of nitrogens with two attached hydrogens (primary N) is 1. The number of nitrogen functional groups attached to an aromatic ring is 1. The molecule has 3 N–H and O–H groups in total. The van der Waals surface area contributed by atoms with Gasteiger partial charge in [0.2, 0.25) is 0 Å². The molecule has 0 aliphatic carbocycles. The quantitative estimate of drug-likeness (QED) is 0.596. The maximum absolute atomic E-state index is 13.1. The highest BCUT2D eigenvalue weighted by Gasteiger charge is 2.08. The number of thiol groups is 1. The van der Waals surface area contributed by atoms with Crippen LogP contribution >= 0.6 is 12.6 Å². The third-order valence-electron chi connectivity index (χ3n) is 2.66. The second kappa shape index (κ2) is 5.75. The van der Waals surface area contributed by atoms with Crippen LogP contribution in [0.5, 0.6) is 0 Å². The Kier molecular flexibility index (Phi) is 4.06. The number of carbonyl (C=O) groups excluding carboxylic acids is 1. The van der Waals surface area contributed by atoms with Gasteiger partial charge in [-0.25, -0.2) is 4.39 Å². The molecule has 0 saturated heterocycles. The van der Waals surface area contributed by atoms with Crippen molar-refractivity contribution in [3.8, 4) is 0 Å². The van der Waals surface area contributed by atoms with E-state index in [0.717, 1.165) is 5.56 Å². The second-order valence-corrected chi connectivity index (χ2v) is 4.36. The van der Waals surface area contributed by atoms with Crippen LogP contribution < -0.4 is 11.1 Å². The van der Waals surface area contributed by atoms with Crippen LogP contribution in [0.25, 0.3) is 0 Å². The first-order chi connectivity index (χ1) is 9.10. The minimum Gasteiger partial charge on any atom is -0.397 e. The summed E-state index contributed by atoms with van der Waals surface area (Å²) in [6.45, 7) is 0. The molecule has 0 saturated carbocycles. The molecule has 2 rings (SSSR count). The smallest absolute Gasteiger partial charge is 0.255 e. The molecule has 0 aliphatic heterocycles. The lowest BCUT2D eigenvalue weighted by Gasteiger charge is -2.08. The van der Waals surface area contributed by atoms with Crippen molar-refractivity contribution in [1.29, 1.82) is 0 Å². The monoisotopic (exact) mass is 276 g/mol. The van der Waals surface area contributed by atoms with E-state index in [0.29, 0.717) is 17.0 Å². The fourth-order valence-corrected chi connectivity index (χ4v) is 1.80. The van der Waals surface area contributed by atoms with Gasteiger partial charge in [0, 0.05) is 11.3 Å². The van der Waals surface area contributed by atoms with Gasteiger partial charge in [-0.05, 0) is 35.9 Å². The summed E-state index contributed by atoms with van der Waals surface area (Å²) in [4.78, 5) is 12.0. The Hall–Kier alpha value is -2.01. The standard InChI is InChI=1S/C14H13FN2OS/c15-11-5-6-12(16)13(7-11)17-14(18)10-3-1-9(8-19)2-4-10/h1-7,19H,8,16H2,(H,17,18). The SMILES string of the molecule is Nc1ccc(F)cc1NC(=O)c1ccc(CS)cc1. The fraction of sp³-hybridized carbons (Fsp3) is 0.0714. The average molecular weight is 276 g/mol. The number of benzene rings is 2. The molecule has 0 radical (unpaired) electrons. The maximum Gasteiger partial charge on any atom is 0.255 e. The summed E-state index contributed by atoms with van der Waals surface area (Å²) in [5.74, 6) is -0.170. The van der Waals surface area contributed by atoms with Gasteiger partial charge < -0.3 is 11.1 Å². The average Bonchev–Trinajstić information content (AvgIpc) is 2.43. The minimum absolute atomic E-state index is 0.267. The van der Waals surface area contributed by atoms with Crippen LogP contribution in [0, 0.1) is 5.82 Å². The fourth-order valence-electron chi connectivity index (χ4n) is 1.59. The Morgan fingerprint density at radius 3 is 2.53 bits per heavy atom. The molecule has 0 bridgehead atoms. The minimum atomic E-state index is -0.449. The van der Waals surface area contributed by atoms with Crippen LogP contribution in [0.1, 0.15) is 15.9 Å². The van der Waals surface area contributed by atoms with Crippen molar-refractivity contribution >= 4 is 29.9 Å². The van der Waals surface area contributed by atoms with E-state index in [1.54, 1.807) is 12.1 Å². The Balaban J connectivity index is 2.18. The van der Waals surface area contributed by atoms with E-state index < -0.39 is 5.82 Å². The van der Waals surface area contributed by atoms with Gasteiger partial charge >= 0.3 is 0 Å². The van der Waals surface area contributed by atoms with Gasteiger partial charge in [-0.3, -0.25) is 4.79 Å². The summed E-state index contributed by atoms with van der Waals surface area (Å²) in [6, 6.07) is 10.9. The number of carbonyl (C=O) groups is 1. The Bertz CT molecular complexity index is 599. The van der Waals surface area contributed by atoms with E-state index >= 15 is 0 Å². The number of anilines is 2. The van der Waals surface area contributed by atoms with Crippen molar-refractivity contribution in [2.45, 2.75) is 5.75 Å². The first kappa shape index (κ1) is 13.4. The molecule has 5 heteroatoms. The molecular weight excluding hydrogens is 263 g/mol. The molecule has 0 aliphatic rings. The number of halogens is 1. The van der Waals surface area contributed by atoms with E-state index in [1.807, 2.05) is 12.1 Å². The molecule has 0 heterocycles. The molecular formula is C14H13FN2OS. The summed E-state index contributed by atoms with van der Waals surface area (Å²) in [5.41, 5.74) is 7.76. The molecule has 2 aromatic carbocycles. The van der Waals surface area contributed by atoms with Crippen molar-refractivity contribution in [2.75, 3.05) is 11.1 Å². The highest BCUT2D eigenvalue weighted by molar-refractivity contribution is 7.79. The van der Waals surface area contributed by atoms with E-state index in [4.69, 9.17) is 5.73 Å². The van der Waals surface area contributed by atoms with Gasteiger partial charge in [-0.15, -0.1) is 0 Å². The highest BCUT2D eigenvalue weighted by atomic mass is 32.1. The lowest BCUT2D eigenvalue weighted by Crippen LogP contribution is -2.13. The Morgan fingerprint density at radius 1 is 1.21 bits per heavy atom. The number of nitrogens with one attached hydrogen (secondary N) is 1. The molecule has 0 aromatic heterocycles. The van der Waals surface area contributed by atoms with Crippen LogP contribution in [0.15, 0.2) is 42.5 Å². The van der Waals surface area contributed by atoms with Gasteiger partial charge in [-0.1, -0.05) is 12.1 Å². The van der Waals surface area contributed by atoms with E-state index in [-0.39, 0.29) is 11.6 Å². The molecule has 0 unspecified atom stereocenters. The molecule has 0 fully saturated rings. The predicted octanol–water partition coefficient (Wildman–Crippen LogP) is 3.09. The van der Waals surface area contributed by atoms with E-state index in [2.05, 4.69) is 17.9 Å². The van der Waals surface area contributed by atoms with Crippen molar-refractivity contribution in [2.24, 2.45) is 0 Å². The largest absolute Gasteiger partial charge is 0.397 e. The molecule has 3 nitrogen and oxygen atoms in total. The summed E-state index contributed by atoms with van der Waals surface area (Å²) in [5, 5.41) is 2.58. The van der Waals surface area contributed by atoms with Crippen LogP contribution in [0.3, 0.4) is 0 Å². The number of rotatable bonds is 3. The zero-order chi connectivity index (χ0) is 13.8. The number of hydrogen-bond acceptors (Lipinski definition) is 3. The van der Waals surface area contributed by atoms with Gasteiger partial charge in [0.15, 0.2) is 0 Å². The van der Waals surface area contributed by atoms with Crippen molar-refractivity contribution in [3.63, 3.8) is 0 Å². The molecule has 1 amide bonds. The normalized spacial score (nSPS) is 10.2. The lowest BCUT2D eigenvalue weighted by atomic mass is 10.1. The summed E-state index contributed by atoms with van der Waals surface area (Å²) >= 11 is 4.14. The highest BCUT2D eigenvalue weighted by Crippen LogP contribution is 2.20. The van der Waals surface area contributed by atoms with Crippen LogP contribution in [-0.4, -0.2) is 5.91 Å². The number of hydrogen-bond donors (Lipinski definition) is 3. The van der Waals surface area contributed by atoms with Gasteiger partial charge in [0.25, 0.3) is 5.91 Å². The molecule has 0 spiro atoms. The third-order valence-corrected chi connectivity index (χ3v) is 3.03. The molecule has 0 atom stereocenters. The van der Waals surface area contributed by atoms with Crippen LogP contribution in [-0.2, 0) is 5.75 Å². The van der Waals surface area contributed by atoms with Crippen molar-refractivity contribution < 1.29 is 9.18 Å². The molecule has 2 aromatic rings. The molecule has 19 heavy (non-hydrogen) atoms.